The molecule has 1 N–H and O–H groups in total. The second-order valence-corrected chi connectivity index (χ2v) is 9.16. The lowest BCUT2D eigenvalue weighted by molar-refractivity contribution is -0.116. The summed E-state index contributed by atoms with van der Waals surface area (Å²) in [6.07, 6.45) is 2.03. The molecule has 1 aliphatic heterocycles. The topological polar surface area (TPSA) is 49.4 Å². The van der Waals surface area contributed by atoms with Crippen LogP contribution in [0, 0.1) is 0 Å². The first-order valence-electron chi connectivity index (χ1n) is 11.1. The quantitative estimate of drug-likeness (QED) is 0.369. The maximum Gasteiger partial charge on any atom is 0.255 e. The molecule has 0 fully saturated rings. The van der Waals surface area contributed by atoms with Crippen LogP contribution in [0.15, 0.2) is 95.9 Å². The first-order valence-corrected chi connectivity index (χ1v) is 12.1. The van der Waals surface area contributed by atoms with E-state index in [1.807, 2.05) is 89.8 Å². The Morgan fingerprint density at radius 3 is 2.45 bits per heavy atom. The lowest BCUT2D eigenvalue weighted by Crippen LogP contribution is -2.36. The molecule has 1 aliphatic rings. The number of hydrogen-bond acceptors (Lipinski definition) is 3. The summed E-state index contributed by atoms with van der Waals surface area (Å²) in [6.45, 7) is 0.774. The molecule has 5 heteroatoms. The third-order valence-corrected chi connectivity index (χ3v) is 6.89. The molecule has 1 heterocycles. The van der Waals surface area contributed by atoms with Gasteiger partial charge in [-0.15, -0.1) is 11.8 Å². The molecule has 2 amide bonds. The molecule has 0 saturated carbocycles. The van der Waals surface area contributed by atoms with Crippen molar-refractivity contribution in [3.8, 4) is 0 Å². The molecule has 4 aromatic carbocycles. The number of nitrogens with one attached hydrogen (secondary N) is 1. The van der Waals surface area contributed by atoms with E-state index in [1.165, 1.54) is 17.3 Å². The molecule has 4 nitrogen and oxygen atoms in total. The zero-order valence-electron chi connectivity index (χ0n) is 18.2. The zero-order chi connectivity index (χ0) is 22.6. The molecule has 0 radical (unpaired) electrons. The monoisotopic (exact) mass is 452 g/mol. The van der Waals surface area contributed by atoms with Gasteiger partial charge in [-0.25, -0.2) is 0 Å². The van der Waals surface area contributed by atoms with Gasteiger partial charge in [0.15, 0.2) is 0 Å². The van der Waals surface area contributed by atoms with Crippen LogP contribution in [0.25, 0.3) is 10.8 Å². The number of nitrogens with zero attached hydrogens (tertiary/aromatic N) is 1. The SMILES string of the molecule is O=C(Nc1ccc(SCC(=O)N2CCCc3ccccc32)cc1)c1ccc2ccccc2c1. The molecule has 4 aromatic rings. The van der Waals surface area contributed by atoms with Gasteiger partial charge in [0.2, 0.25) is 5.91 Å². The third kappa shape index (κ3) is 4.78. The fourth-order valence-electron chi connectivity index (χ4n) is 4.18. The van der Waals surface area contributed by atoms with Gasteiger partial charge in [0, 0.05) is 28.4 Å². The van der Waals surface area contributed by atoms with Gasteiger partial charge in [-0.05, 0) is 71.6 Å². The van der Waals surface area contributed by atoms with E-state index in [4.69, 9.17) is 0 Å². The predicted octanol–water partition coefficient (Wildman–Crippen LogP) is 6.16. The number of thioether (sulfide) groups is 1. The fraction of sp³-hybridized carbons (Fsp3) is 0.143. The zero-order valence-corrected chi connectivity index (χ0v) is 19.0. The van der Waals surface area contributed by atoms with Crippen molar-refractivity contribution >= 4 is 45.7 Å². The second kappa shape index (κ2) is 9.51. The van der Waals surface area contributed by atoms with Crippen molar-refractivity contribution in [3.63, 3.8) is 0 Å². The van der Waals surface area contributed by atoms with E-state index in [0.717, 1.165) is 46.4 Å². The van der Waals surface area contributed by atoms with Crippen LogP contribution in [0.1, 0.15) is 22.3 Å². The number of carbonyl (C=O) groups excluding carboxylic acids is 2. The van der Waals surface area contributed by atoms with Crippen LogP contribution in [-0.2, 0) is 11.2 Å². The summed E-state index contributed by atoms with van der Waals surface area (Å²) in [5.74, 6) is 0.373. The highest BCUT2D eigenvalue weighted by atomic mass is 32.2. The average molecular weight is 453 g/mol. The van der Waals surface area contributed by atoms with Gasteiger partial charge in [0.1, 0.15) is 0 Å². The van der Waals surface area contributed by atoms with Crippen LogP contribution in [0.5, 0.6) is 0 Å². The minimum atomic E-state index is -0.139. The molecule has 33 heavy (non-hydrogen) atoms. The molecule has 0 aliphatic carbocycles. The molecular weight excluding hydrogens is 428 g/mol. The number of para-hydroxylation sites is 1. The van der Waals surface area contributed by atoms with Gasteiger partial charge in [-0.3, -0.25) is 9.59 Å². The molecule has 0 saturated heterocycles. The van der Waals surface area contributed by atoms with E-state index in [2.05, 4.69) is 11.4 Å². The van der Waals surface area contributed by atoms with Gasteiger partial charge < -0.3 is 10.2 Å². The average Bonchev–Trinajstić information content (AvgIpc) is 2.87. The van der Waals surface area contributed by atoms with Gasteiger partial charge >= 0.3 is 0 Å². The number of carbonyl (C=O) groups is 2. The number of anilines is 2. The molecule has 5 rings (SSSR count). The summed E-state index contributed by atoms with van der Waals surface area (Å²) in [5, 5.41) is 5.10. The Bertz CT molecular complexity index is 1320. The summed E-state index contributed by atoms with van der Waals surface area (Å²) in [6, 6.07) is 29.5. The van der Waals surface area contributed by atoms with Crippen molar-refractivity contribution in [2.75, 3.05) is 22.5 Å². The lowest BCUT2D eigenvalue weighted by atomic mass is 10.0. The Balaban J connectivity index is 1.19. The normalized spacial score (nSPS) is 12.9. The lowest BCUT2D eigenvalue weighted by Gasteiger charge is -2.29. The Morgan fingerprint density at radius 1 is 0.848 bits per heavy atom. The van der Waals surface area contributed by atoms with Crippen LogP contribution >= 0.6 is 11.8 Å². The number of fused-ring (bicyclic) bond motifs is 2. The smallest absolute Gasteiger partial charge is 0.255 e. The number of amides is 2. The standard InChI is InChI=1S/C28H24N2O2S/c31-27(30-17-5-9-21-7-3-4-10-26(21)30)19-33-25-15-13-24(14-16-25)29-28(32)23-12-11-20-6-1-2-8-22(20)18-23/h1-4,6-8,10-16,18H,5,9,17,19H2,(H,29,32). The van der Waals surface area contributed by atoms with Crippen LogP contribution in [0.4, 0.5) is 11.4 Å². The van der Waals surface area contributed by atoms with Crippen molar-refractivity contribution in [1.29, 1.82) is 0 Å². The fourth-order valence-corrected chi connectivity index (χ4v) is 4.96. The van der Waals surface area contributed by atoms with Gasteiger partial charge in [-0.2, -0.15) is 0 Å². The third-order valence-electron chi connectivity index (χ3n) is 5.90. The van der Waals surface area contributed by atoms with Crippen molar-refractivity contribution in [3.05, 3.63) is 102 Å². The van der Waals surface area contributed by atoms with E-state index in [1.54, 1.807) is 0 Å². The first-order chi connectivity index (χ1) is 16.2. The Labute approximate surface area is 197 Å². The largest absolute Gasteiger partial charge is 0.322 e. The molecule has 0 bridgehead atoms. The summed E-state index contributed by atoms with van der Waals surface area (Å²) >= 11 is 1.52. The van der Waals surface area contributed by atoms with Gasteiger partial charge in [-0.1, -0.05) is 48.5 Å². The number of benzene rings is 4. The summed E-state index contributed by atoms with van der Waals surface area (Å²) in [7, 11) is 0. The van der Waals surface area contributed by atoms with E-state index in [-0.39, 0.29) is 11.8 Å². The molecule has 164 valence electrons. The minimum Gasteiger partial charge on any atom is -0.322 e. The van der Waals surface area contributed by atoms with Crippen molar-refractivity contribution in [2.24, 2.45) is 0 Å². The van der Waals surface area contributed by atoms with Crippen LogP contribution < -0.4 is 10.2 Å². The van der Waals surface area contributed by atoms with E-state index < -0.39 is 0 Å². The number of aryl methyl sites for hydroxylation is 1. The molecular formula is C28H24N2O2S. The highest BCUT2D eigenvalue weighted by Crippen LogP contribution is 2.28. The Kier molecular flexibility index (Phi) is 6.13. The molecule has 0 unspecified atom stereocenters. The van der Waals surface area contributed by atoms with Crippen molar-refractivity contribution in [2.45, 2.75) is 17.7 Å². The summed E-state index contributed by atoms with van der Waals surface area (Å²) in [5.41, 5.74) is 3.64. The summed E-state index contributed by atoms with van der Waals surface area (Å²) in [4.78, 5) is 28.4. The first kappa shape index (κ1) is 21.3. The van der Waals surface area contributed by atoms with E-state index in [9.17, 15) is 9.59 Å². The second-order valence-electron chi connectivity index (χ2n) is 8.11. The Hall–Kier alpha value is -3.57. The van der Waals surface area contributed by atoms with Gasteiger partial charge in [0.25, 0.3) is 5.91 Å². The van der Waals surface area contributed by atoms with Gasteiger partial charge in [0.05, 0.1) is 5.75 Å². The predicted molar refractivity (Wildman–Crippen MR) is 136 cm³/mol. The minimum absolute atomic E-state index is 0.126. The number of rotatable bonds is 5. The van der Waals surface area contributed by atoms with E-state index in [0.29, 0.717) is 11.3 Å². The van der Waals surface area contributed by atoms with Crippen LogP contribution in [0.3, 0.4) is 0 Å². The van der Waals surface area contributed by atoms with Crippen LogP contribution in [0.2, 0.25) is 0 Å². The van der Waals surface area contributed by atoms with Crippen molar-refractivity contribution < 1.29 is 9.59 Å². The molecule has 0 aromatic heterocycles. The highest BCUT2D eigenvalue weighted by Gasteiger charge is 2.22. The maximum atomic E-state index is 12.8. The number of hydrogen-bond donors (Lipinski definition) is 1. The Morgan fingerprint density at radius 2 is 1.61 bits per heavy atom. The van der Waals surface area contributed by atoms with E-state index >= 15 is 0 Å². The summed E-state index contributed by atoms with van der Waals surface area (Å²) < 4.78 is 0. The van der Waals surface area contributed by atoms with Crippen molar-refractivity contribution in [1.82, 2.24) is 0 Å². The molecule has 0 spiro atoms. The maximum absolute atomic E-state index is 12.8. The molecule has 0 atom stereocenters. The van der Waals surface area contributed by atoms with Crippen LogP contribution in [-0.4, -0.2) is 24.1 Å². The highest BCUT2D eigenvalue weighted by molar-refractivity contribution is 8.00.